The van der Waals surface area contributed by atoms with E-state index in [0.29, 0.717) is 23.7 Å². The van der Waals surface area contributed by atoms with Crippen molar-refractivity contribution < 1.29 is 19.0 Å². The van der Waals surface area contributed by atoms with Crippen molar-refractivity contribution in [3.63, 3.8) is 0 Å². The molecule has 0 radical (unpaired) electrons. The molecule has 0 spiro atoms. The summed E-state index contributed by atoms with van der Waals surface area (Å²) in [5, 5.41) is 12.3. The lowest BCUT2D eigenvalue weighted by Gasteiger charge is -2.37. The van der Waals surface area contributed by atoms with Gasteiger partial charge in [0.05, 0.1) is 25.9 Å². The Bertz CT molecular complexity index is 870. The number of ether oxygens (including phenoxy) is 2. The predicted molar refractivity (Wildman–Crippen MR) is 121 cm³/mol. The lowest BCUT2D eigenvalue weighted by molar-refractivity contribution is 0.196. The fourth-order valence-corrected chi connectivity index (χ4v) is 3.54. The average Bonchev–Trinajstić information content (AvgIpc) is 2.81. The normalized spacial score (nSPS) is 14.5. The van der Waals surface area contributed by atoms with Gasteiger partial charge in [-0.1, -0.05) is 18.2 Å². The highest BCUT2D eigenvalue weighted by Gasteiger charge is 2.21. The number of aliphatic hydroxyl groups is 1. The first-order valence-electron chi connectivity index (χ1n) is 10.6. The van der Waals surface area contributed by atoms with E-state index in [2.05, 4.69) is 15.1 Å². The summed E-state index contributed by atoms with van der Waals surface area (Å²) in [6.07, 6.45) is 0. The average molecular weight is 431 g/mol. The van der Waals surface area contributed by atoms with Gasteiger partial charge in [0.25, 0.3) is 0 Å². The van der Waals surface area contributed by atoms with E-state index in [-0.39, 0.29) is 19.0 Å². The van der Waals surface area contributed by atoms with Gasteiger partial charge in [0.2, 0.25) is 0 Å². The second-order valence-corrected chi connectivity index (χ2v) is 7.15. The number of halogens is 1. The molecule has 2 aromatic rings. The molecule has 0 aliphatic carbocycles. The van der Waals surface area contributed by atoms with Gasteiger partial charge in [0.15, 0.2) is 17.5 Å². The molecule has 1 fully saturated rings. The van der Waals surface area contributed by atoms with E-state index in [1.165, 1.54) is 6.07 Å². The summed E-state index contributed by atoms with van der Waals surface area (Å²) in [6.45, 7) is 6.46. The Balaban J connectivity index is 1.65. The predicted octanol–water partition coefficient (Wildman–Crippen LogP) is 2.49. The number of methoxy groups -OCH3 is 1. The SMILES string of the molecule is CCNC(=NCc1ccc(OCCO)c(OC)c1)N1CCN(c2ccccc2F)CC1. The number of aliphatic hydroxyl groups excluding tert-OH is 1. The number of hydrogen-bond donors (Lipinski definition) is 2. The first-order chi connectivity index (χ1) is 15.2. The number of para-hydroxylation sites is 1. The van der Waals surface area contributed by atoms with Gasteiger partial charge in [0.1, 0.15) is 12.4 Å². The molecule has 7 nitrogen and oxygen atoms in total. The van der Waals surface area contributed by atoms with Gasteiger partial charge < -0.3 is 29.7 Å². The summed E-state index contributed by atoms with van der Waals surface area (Å²) in [6, 6.07) is 12.6. The minimum atomic E-state index is -0.183. The molecule has 0 amide bonds. The van der Waals surface area contributed by atoms with E-state index in [9.17, 15) is 4.39 Å². The zero-order valence-corrected chi connectivity index (χ0v) is 18.2. The van der Waals surface area contributed by atoms with Crippen LogP contribution in [0.2, 0.25) is 0 Å². The summed E-state index contributed by atoms with van der Waals surface area (Å²) in [7, 11) is 1.59. The fraction of sp³-hybridized carbons (Fsp3) is 0.435. The van der Waals surface area contributed by atoms with Crippen LogP contribution in [0.15, 0.2) is 47.5 Å². The molecule has 2 N–H and O–H groups in total. The topological polar surface area (TPSA) is 69.6 Å². The zero-order valence-electron chi connectivity index (χ0n) is 18.2. The smallest absolute Gasteiger partial charge is 0.194 e. The highest BCUT2D eigenvalue weighted by Crippen LogP contribution is 2.28. The summed E-state index contributed by atoms with van der Waals surface area (Å²) >= 11 is 0. The molecule has 2 aromatic carbocycles. The largest absolute Gasteiger partial charge is 0.493 e. The van der Waals surface area contributed by atoms with Crippen LogP contribution in [-0.2, 0) is 6.54 Å². The first-order valence-corrected chi connectivity index (χ1v) is 10.6. The van der Waals surface area contributed by atoms with E-state index in [1.54, 1.807) is 13.2 Å². The van der Waals surface area contributed by atoms with Crippen molar-refractivity contribution in [3.05, 3.63) is 53.8 Å². The van der Waals surface area contributed by atoms with Crippen molar-refractivity contribution in [3.8, 4) is 11.5 Å². The van der Waals surface area contributed by atoms with Crippen molar-refractivity contribution in [1.82, 2.24) is 10.2 Å². The molecule has 8 heteroatoms. The maximum absolute atomic E-state index is 14.1. The van der Waals surface area contributed by atoms with Crippen LogP contribution in [-0.4, -0.2) is 69.0 Å². The van der Waals surface area contributed by atoms with Crippen molar-refractivity contribution in [1.29, 1.82) is 0 Å². The van der Waals surface area contributed by atoms with Gasteiger partial charge in [-0.05, 0) is 36.8 Å². The van der Waals surface area contributed by atoms with Gasteiger partial charge in [-0.25, -0.2) is 9.38 Å². The van der Waals surface area contributed by atoms with Crippen LogP contribution < -0.4 is 19.7 Å². The number of benzene rings is 2. The zero-order chi connectivity index (χ0) is 22.1. The number of guanidine groups is 1. The van der Waals surface area contributed by atoms with Gasteiger partial charge >= 0.3 is 0 Å². The number of piperazine rings is 1. The monoisotopic (exact) mass is 430 g/mol. The molecular formula is C23H31FN4O3. The van der Waals surface area contributed by atoms with Crippen LogP contribution in [0.5, 0.6) is 11.5 Å². The van der Waals surface area contributed by atoms with Crippen LogP contribution in [0.25, 0.3) is 0 Å². The number of aliphatic imine (C=N–C) groups is 1. The van der Waals surface area contributed by atoms with Crippen LogP contribution in [0.1, 0.15) is 12.5 Å². The Morgan fingerprint density at radius 1 is 1.13 bits per heavy atom. The minimum absolute atomic E-state index is 0.0502. The summed E-state index contributed by atoms with van der Waals surface area (Å²) in [5.41, 5.74) is 1.65. The highest BCUT2D eigenvalue weighted by molar-refractivity contribution is 5.80. The number of nitrogens with zero attached hydrogens (tertiary/aromatic N) is 3. The molecule has 1 heterocycles. The van der Waals surface area contributed by atoms with Crippen LogP contribution >= 0.6 is 0 Å². The molecule has 0 atom stereocenters. The molecule has 0 bridgehead atoms. The third-order valence-corrected chi connectivity index (χ3v) is 5.10. The lowest BCUT2D eigenvalue weighted by atomic mass is 10.2. The summed E-state index contributed by atoms with van der Waals surface area (Å²) in [5.74, 6) is 1.87. The van der Waals surface area contributed by atoms with E-state index < -0.39 is 0 Å². The maximum Gasteiger partial charge on any atom is 0.194 e. The molecule has 0 saturated carbocycles. The Morgan fingerprint density at radius 3 is 2.58 bits per heavy atom. The quantitative estimate of drug-likeness (QED) is 0.495. The molecule has 0 unspecified atom stereocenters. The van der Waals surface area contributed by atoms with E-state index in [0.717, 1.165) is 44.2 Å². The van der Waals surface area contributed by atoms with Gasteiger partial charge in [-0.3, -0.25) is 0 Å². The van der Waals surface area contributed by atoms with Gasteiger partial charge in [-0.2, -0.15) is 0 Å². The van der Waals surface area contributed by atoms with Crippen molar-refractivity contribution in [2.24, 2.45) is 4.99 Å². The van der Waals surface area contributed by atoms with Crippen molar-refractivity contribution in [2.45, 2.75) is 13.5 Å². The number of nitrogens with one attached hydrogen (secondary N) is 1. The third-order valence-electron chi connectivity index (χ3n) is 5.10. The maximum atomic E-state index is 14.1. The Labute approximate surface area is 183 Å². The van der Waals surface area contributed by atoms with Crippen molar-refractivity contribution in [2.75, 3.05) is 57.9 Å². The Hall–Kier alpha value is -3.00. The fourth-order valence-electron chi connectivity index (χ4n) is 3.54. The molecule has 168 valence electrons. The molecule has 1 aliphatic heterocycles. The van der Waals surface area contributed by atoms with E-state index in [1.807, 2.05) is 37.3 Å². The number of anilines is 1. The number of hydrogen-bond acceptors (Lipinski definition) is 5. The molecular weight excluding hydrogens is 399 g/mol. The molecule has 31 heavy (non-hydrogen) atoms. The second kappa shape index (κ2) is 11.4. The standard InChI is InChI=1S/C23H31FN4O3/c1-3-25-23(26-17-18-8-9-21(31-15-14-29)22(16-18)30-2)28-12-10-27(11-13-28)20-7-5-4-6-19(20)24/h4-9,16,29H,3,10-15,17H2,1-2H3,(H,25,26). The Kier molecular flexibility index (Phi) is 8.35. The van der Waals surface area contributed by atoms with Crippen LogP contribution in [0.4, 0.5) is 10.1 Å². The lowest BCUT2D eigenvalue weighted by Crippen LogP contribution is -2.52. The molecule has 0 aromatic heterocycles. The molecule has 1 saturated heterocycles. The minimum Gasteiger partial charge on any atom is -0.493 e. The number of rotatable bonds is 8. The first kappa shape index (κ1) is 22.7. The summed E-state index contributed by atoms with van der Waals surface area (Å²) in [4.78, 5) is 9.07. The van der Waals surface area contributed by atoms with Crippen LogP contribution in [0.3, 0.4) is 0 Å². The Morgan fingerprint density at radius 2 is 1.90 bits per heavy atom. The highest BCUT2D eigenvalue weighted by atomic mass is 19.1. The van der Waals surface area contributed by atoms with Gasteiger partial charge in [0, 0.05) is 32.7 Å². The van der Waals surface area contributed by atoms with E-state index >= 15 is 0 Å². The molecule has 1 aliphatic rings. The van der Waals surface area contributed by atoms with E-state index in [4.69, 9.17) is 19.6 Å². The van der Waals surface area contributed by atoms with Crippen LogP contribution in [0, 0.1) is 5.82 Å². The second-order valence-electron chi connectivity index (χ2n) is 7.15. The van der Waals surface area contributed by atoms with Crippen molar-refractivity contribution >= 4 is 11.6 Å². The third kappa shape index (κ3) is 6.01. The molecule has 3 rings (SSSR count). The van der Waals surface area contributed by atoms with Gasteiger partial charge in [-0.15, -0.1) is 0 Å². The summed E-state index contributed by atoms with van der Waals surface area (Å²) < 4.78 is 25.0.